The Balaban J connectivity index is 1.90. The Morgan fingerprint density at radius 3 is 2.33 bits per heavy atom. The van der Waals surface area contributed by atoms with Crippen molar-refractivity contribution in [3.63, 3.8) is 0 Å². The van der Waals surface area contributed by atoms with Crippen molar-refractivity contribution in [2.45, 2.75) is 62.5 Å². The van der Waals surface area contributed by atoms with Crippen molar-refractivity contribution < 1.29 is 5.11 Å². The molecule has 0 saturated heterocycles. The lowest BCUT2D eigenvalue weighted by Gasteiger charge is -2.39. The fourth-order valence-corrected chi connectivity index (χ4v) is 3.38. The van der Waals surface area contributed by atoms with E-state index in [4.69, 9.17) is 5.73 Å². The lowest BCUT2D eigenvalue weighted by atomic mass is 9.71. The molecule has 3 rings (SSSR count). The molecule has 1 aromatic carbocycles. The summed E-state index contributed by atoms with van der Waals surface area (Å²) in [4.78, 5) is 0. The third-order valence-electron chi connectivity index (χ3n) is 4.86. The number of hydrogen-bond acceptors (Lipinski definition) is 2. The number of nitrogens with two attached hydrogens (primary N) is 1. The van der Waals surface area contributed by atoms with Gasteiger partial charge in [-0.2, -0.15) is 0 Å². The van der Waals surface area contributed by atoms with Crippen molar-refractivity contribution in [1.29, 1.82) is 0 Å². The maximum absolute atomic E-state index is 11.0. The van der Waals surface area contributed by atoms with Crippen LogP contribution in [0.2, 0.25) is 0 Å². The molecule has 0 unspecified atom stereocenters. The zero-order valence-electron chi connectivity index (χ0n) is 10.9. The van der Waals surface area contributed by atoms with E-state index in [0.717, 1.165) is 25.7 Å². The Morgan fingerprint density at radius 2 is 1.72 bits per heavy atom. The molecule has 1 aromatic rings. The van der Waals surface area contributed by atoms with Crippen LogP contribution in [0, 0.1) is 0 Å². The van der Waals surface area contributed by atoms with Gasteiger partial charge >= 0.3 is 0 Å². The van der Waals surface area contributed by atoms with Crippen molar-refractivity contribution in [2.24, 2.45) is 5.73 Å². The Hall–Kier alpha value is -0.860. The third-order valence-corrected chi connectivity index (χ3v) is 4.86. The second kappa shape index (κ2) is 4.67. The largest absolute Gasteiger partial charge is 0.385 e. The molecule has 98 valence electrons. The molecule has 18 heavy (non-hydrogen) atoms. The molecular formula is C16H23NO. The second-order valence-corrected chi connectivity index (χ2v) is 6.08. The summed E-state index contributed by atoms with van der Waals surface area (Å²) in [6.07, 6.45) is 7.42. The minimum Gasteiger partial charge on any atom is -0.385 e. The molecular weight excluding hydrogens is 222 g/mol. The highest BCUT2D eigenvalue weighted by Gasteiger charge is 2.37. The molecule has 0 atom stereocenters. The first-order valence-corrected chi connectivity index (χ1v) is 7.26. The minimum absolute atomic E-state index is 0.279. The highest BCUT2D eigenvalue weighted by Crippen LogP contribution is 2.44. The van der Waals surface area contributed by atoms with Crippen LogP contribution >= 0.6 is 0 Å². The van der Waals surface area contributed by atoms with E-state index in [1.807, 2.05) is 0 Å². The van der Waals surface area contributed by atoms with Crippen LogP contribution < -0.4 is 5.73 Å². The molecule has 0 amide bonds. The summed E-state index contributed by atoms with van der Waals surface area (Å²) >= 11 is 0. The van der Waals surface area contributed by atoms with Gasteiger partial charge in [0.2, 0.25) is 0 Å². The first-order valence-electron chi connectivity index (χ1n) is 7.26. The Kier molecular flexibility index (Phi) is 3.16. The molecule has 2 fully saturated rings. The summed E-state index contributed by atoms with van der Waals surface area (Å²) in [7, 11) is 0. The topological polar surface area (TPSA) is 46.2 Å². The lowest BCUT2D eigenvalue weighted by molar-refractivity contribution is -0.00633. The van der Waals surface area contributed by atoms with Gasteiger partial charge in [-0.05, 0) is 55.6 Å². The van der Waals surface area contributed by atoms with E-state index in [1.165, 1.54) is 30.4 Å². The monoisotopic (exact) mass is 245 g/mol. The predicted molar refractivity (Wildman–Crippen MR) is 73.4 cm³/mol. The maximum atomic E-state index is 11.0. The van der Waals surface area contributed by atoms with E-state index in [0.29, 0.717) is 5.92 Å². The fraction of sp³-hybridized carbons (Fsp3) is 0.625. The van der Waals surface area contributed by atoms with Gasteiger partial charge in [0.1, 0.15) is 0 Å². The Bertz CT molecular complexity index is 417. The molecule has 2 nitrogen and oxygen atoms in total. The second-order valence-electron chi connectivity index (χ2n) is 6.08. The molecule has 2 aliphatic rings. The molecule has 0 bridgehead atoms. The Morgan fingerprint density at radius 1 is 1.06 bits per heavy atom. The first-order chi connectivity index (χ1) is 8.69. The molecule has 0 heterocycles. The molecule has 0 aliphatic heterocycles. The average Bonchev–Trinajstić information content (AvgIpc) is 2.32. The maximum Gasteiger partial charge on any atom is 0.0900 e. The van der Waals surface area contributed by atoms with Gasteiger partial charge in [0.15, 0.2) is 0 Å². The van der Waals surface area contributed by atoms with Crippen molar-refractivity contribution in [2.75, 3.05) is 0 Å². The van der Waals surface area contributed by atoms with Crippen LogP contribution in [-0.4, -0.2) is 11.1 Å². The van der Waals surface area contributed by atoms with Gasteiger partial charge < -0.3 is 10.8 Å². The lowest BCUT2D eigenvalue weighted by Crippen LogP contribution is -2.37. The third kappa shape index (κ3) is 2.08. The SMILES string of the molecule is NC1CCC(O)(c2ccccc2C2CCC2)CC1. The average molecular weight is 245 g/mol. The number of hydrogen-bond donors (Lipinski definition) is 2. The zero-order chi connectivity index (χ0) is 12.6. The van der Waals surface area contributed by atoms with E-state index < -0.39 is 5.60 Å². The number of benzene rings is 1. The van der Waals surface area contributed by atoms with Crippen molar-refractivity contribution in [1.82, 2.24) is 0 Å². The molecule has 0 aromatic heterocycles. The van der Waals surface area contributed by atoms with Gasteiger partial charge in [-0.1, -0.05) is 30.7 Å². The molecule has 2 aliphatic carbocycles. The van der Waals surface area contributed by atoms with Gasteiger partial charge in [0, 0.05) is 6.04 Å². The van der Waals surface area contributed by atoms with Crippen molar-refractivity contribution in [3.8, 4) is 0 Å². The van der Waals surface area contributed by atoms with Crippen molar-refractivity contribution >= 4 is 0 Å². The van der Waals surface area contributed by atoms with E-state index >= 15 is 0 Å². The van der Waals surface area contributed by atoms with Gasteiger partial charge in [-0.25, -0.2) is 0 Å². The molecule has 0 spiro atoms. The minimum atomic E-state index is -0.623. The van der Waals surface area contributed by atoms with Crippen LogP contribution in [0.3, 0.4) is 0 Å². The van der Waals surface area contributed by atoms with Gasteiger partial charge in [-0.3, -0.25) is 0 Å². The van der Waals surface area contributed by atoms with E-state index in [-0.39, 0.29) is 6.04 Å². The standard InChI is InChI=1S/C16H23NO/c17-13-8-10-16(18,11-9-13)15-7-2-1-6-14(15)12-4-3-5-12/h1-2,6-7,12-13,18H,3-5,8-11,17H2. The quantitative estimate of drug-likeness (QED) is 0.841. The van der Waals surface area contributed by atoms with Crippen LogP contribution in [0.15, 0.2) is 24.3 Å². The van der Waals surface area contributed by atoms with Gasteiger partial charge in [0.25, 0.3) is 0 Å². The normalized spacial score (nSPS) is 33.1. The predicted octanol–water partition coefficient (Wildman–Crippen LogP) is 3.04. The van der Waals surface area contributed by atoms with E-state index in [1.54, 1.807) is 0 Å². The summed E-state index contributed by atoms with van der Waals surface area (Å²) in [5.41, 5.74) is 7.91. The number of rotatable bonds is 2. The highest BCUT2D eigenvalue weighted by atomic mass is 16.3. The fourth-order valence-electron chi connectivity index (χ4n) is 3.38. The zero-order valence-corrected chi connectivity index (χ0v) is 10.9. The van der Waals surface area contributed by atoms with Crippen LogP contribution in [-0.2, 0) is 5.60 Å². The highest BCUT2D eigenvalue weighted by molar-refractivity contribution is 5.36. The summed E-state index contributed by atoms with van der Waals surface area (Å²) in [5, 5.41) is 11.0. The summed E-state index contributed by atoms with van der Waals surface area (Å²) < 4.78 is 0. The first kappa shape index (κ1) is 12.2. The smallest absolute Gasteiger partial charge is 0.0900 e. The van der Waals surface area contributed by atoms with Crippen LogP contribution in [0.5, 0.6) is 0 Å². The molecule has 2 heteroatoms. The summed E-state index contributed by atoms with van der Waals surface area (Å²) in [5.74, 6) is 0.681. The van der Waals surface area contributed by atoms with Crippen LogP contribution in [0.25, 0.3) is 0 Å². The van der Waals surface area contributed by atoms with Crippen LogP contribution in [0.1, 0.15) is 62.0 Å². The van der Waals surface area contributed by atoms with Gasteiger partial charge in [0.05, 0.1) is 5.60 Å². The van der Waals surface area contributed by atoms with Crippen molar-refractivity contribution in [3.05, 3.63) is 35.4 Å². The van der Waals surface area contributed by atoms with Gasteiger partial charge in [-0.15, -0.1) is 0 Å². The summed E-state index contributed by atoms with van der Waals surface area (Å²) in [6.45, 7) is 0. The van der Waals surface area contributed by atoms with Crippen LogP contribution in [0.4, 0.5) is 0 Å². The van der Waals surface area contributed by atoms with E-state index in [9.17, 15) is 5.11 Å². The molecule has 2 saturated carbocycles. The molecule has 0 radical (unpaired) electrons. The molecule has 3 N–H and O–H groups in total. The summed E-state index contributed by atoms with van der Waals surface area (Å²) in [6, 6.07) is 8.79. The number of aliphatic hydroxyl groups is 1. The Labute approximate surface area is 109 Å². The van der Waals surface area contributed by atoms with E-state index in [2.05, 4.69) is 24.3 Å².